The van der Waals surface area contributed by atoms with Gasteiger partial charge in [-0.25, -0.2) is 4.98 Å². The Bertz CT molecular complexity index is 865. The third-order valence-electron chi connectivity index (χ3n) is 5.18. The lowest BCUT2D eigenvalue weighted by Gasteiger charge is -2.21. The predicted octanol–water partition coefficient (Wildman–Crippen LogP) is 6.32. The normalized spacial score (nSPS) is 11.1. The molecule has 0 saturated carbocycles. The molecule has 0 bridgehead atoms. The first-order valence-electron chi connectivity index (χ1n) is 10.1. The Labute approximate surface area is 163 Å². The number of nitrogens with zero attached hydrogens (tertiary/aromatic N) is 2. The Hall–Kier alpha value is -2.55. The zero-order valence-corrected chi connectivity index (χ0v) is 16.9. The van der Waals surface area contributed by atoms with E-state index < -0.39 is 0 Å². The van der Waals surface area contributed by atoms with Gasteiger partial charge in [0.15, 0.2) is 0 Å². The lowest BCUT2D eigenvalue weighted by Crippen LogP contribution is -2.21. The number of para-hydroxylation sites is 1. The van der Waals surface area contributed by atoms with Crippen LogP contribution in [0, 0.1) is 0 Å². The Morgan fingerprint density at radius 1 is 0.852 bits per heavy atom. The summed E-state index contributed by atoms with van der Waals surface area (Å²) in [6.07, 6.45) is 2.23. The van der Waals surface area contributed by atoms with E-state index in [0.29, 0.717) is 0 Å². The lowest BCUT2D eigenvalue weighted by atomic mass is 10.1. The number of fused-ring (bicyclic) bond motifs is 1. The van der Waals surface area contributed by atoms with Gasteiger partial charge in [-0.05, 0) is 51.0 Å². The van der Waals surface area contributed by atoms with Crippen LogP contribution in [0.1, 0.15) is 40.5 Å². The van der Waals surface area contributed by atoms with Gasteiger partial charge >= 0.3 is 0 Å². The average molecular weight is 363 g/mol. The highest BCUT2D eigenvalue weighted by Gasteiger charge is 2.11. The second kappa shape index (κ2) is 8.90. The van der Waals surface area contributed by atoms with Crippen LogP contribution in [0.5, 0.6) is 5.75 Å². The number of hydrogen-bond acceptors (Lipinski definition) is 3. The van der Waals surface area contributed by atoms with Crippen LogP contribution in [0.2, 0.25) is 0 Å². The molecule has 27 heavy (non-hydrogen) atoms. The quantitative estimate of drug-likeness (QED) is 0.469. The molecular weight excluding hydrogens is 332 g/mol. The summed E-state index contributed by atoms with van der Waals surface area (Å²) in [5, 5.41) is 1.11. The second-order valence-corrected chi connectivity index (χ2v) is 6.80. The number of hydrogen-bond donors (Lipinski definition) is 0. The fraction of sp³-hybridized carbons (Fsp3) is 0.375. The summed E-state index contributed by atoms with van der Waals surface area (Å²) in [5.74, 6) is 0.878. The number of pyridine rings is 1. The summed E-state index contributed by atoms with van der Waals surface area (Å²) in [4.78, 5) is 7.29. The summed E-state index contributed by atoms with van der Waals surface area (Å²) >= 11 is 0. The number of rotatable bonds is 8. The Morgan fingerprint density at radius 2 is 1.56 bits per heavy atom. The van der Waals surface area contributed by atoms with Crippen molar-refractivity contribution >= 4 is 16.6 Å². The van der Waals surface area contributed by atoms with Crippen molar-refractivity contribution in [2.75, 3.05) is 18.0 Å². The van der Waals surface area contributed by atoms with Crippen molar-refractivity contribution in [2.45, 2.75) is 46.6 Å². The minimum absolute atomic E-state index is 0.231. The average Bonchev–Trinajstić information content (AvgIpc) is 2.73. The molecule has 0 radical (unpaired) electrons. The molecule has 0 aliphatic rings. The second-order valence-electron chi connectivity index (χ2n) is 6.80. The van der Waals surface area contributed by atoms with Crippen LogP contribution in [0.15, 0.2) is 54.6 Å². The molecule has 0 saturated heterocycles. The number of ether oxygens (including phenoxy) is 1. The highest BCUT2D eigenvalue weighted by atomic mass is 16.5. The summed E-state index contributed by atoms with van der Waals surface area (Å²) in [6, 6.07) is 19.1. The van der Waals surface area contributed by atoms with Gasteiger partial charge in [0.1, 0.15) is 11.3 Å². The number of aromatic nitrogens is 1. The molecule has 0 unspecified atom stereocenters. The van der Waals surface area contributed by atoms with Crippen molar-refractivity contribution in [2.24, 2.45) is 0 Å². The first kappa shape index (κ1) is 19.2. The van der Waals surface area contributed by atoms with Crippen LogP contribution < -0.4 is 9.64 Å². The highest BCUT2D eigenvalue weighted by molar-refractivity contribution is 5.86. The molecule has 2 aromatic carbocycles. The van der Waals surface area contributed by atoms with Gasteiger partial charge in [0, 0.05) is 29.7 Å². The van der Waals surface area contributed by atoms with Crippen molar-refractivity contribution in [3.63, 3.8) is 0 Å². The van der Waals surface area contributed by atoms with E-state index >= 15 is 0 Å². The monoisotopic (exact) mass is 362 g/mol. The third-order valence-corrected chi connectivity index (χ3v) is 5.18. The SMILES string of the molecule is CCC(CC)Oc1cccc2ccc(-c3ccc(N(CC)CC)cc3)nc12. The molecule has 0 N–H and O–H groups in total. The van der Waals surface area contributed by atoms with Gasteiger partial charge in [0.05, 0.1) is 11.8 Å². The molecule has 3 heteroatoms. The first-order chi connectivity index (χ1) is 13.2. The molecule has 1 heterocycles. The summed E-state index contributed by atoms with van der Waals surface area (Å²) in [6.45, 7) is 10.7. The van der Waals surface area contributed by atoms with Gasteiger partial charge < -0.3 is 9.64 Å². The maximum absolute atomic E-state index is 6.23. The molecule has 0 aliphatic carbocycles. The summed E-state index contributed by atoms with van der Waals surface area (Å²) < 4.78 is 6.23. The van der Waals surface area contributed by atoms with E-state index in [2.05, 4.69) is 75.1 Å². The minimum atomic E-state index is 0.231. The van der Waals surface area contributed by atoms with E-state index in [-0.39, 0.29) is 6.10 Å². The van der Waals surface area contributed by atoms with Crippen LogP contribution >= 0.6 is 0 Å². The van der Waals surface area contributed by atoms with Gasteiger partial charge in [0.25, 0.3) is 0 Å². The van der Waals surface area contributed by atoms with Crippen molar-refractivity contribution in [3.05, 3.63) is 54.6 Å². The molecule has 142 valence electrons. The molecular formula is C24H30N2O. The van der Waals surface area contributed by atoms with E-state index in [1.54, 1.807) is 0 Å². The maximum Gasteiger partial charge on any atom is 0.145 e. The Kier molecular flexibility index (Phi) is 6.33. The molecule has 0 atom stereocenters. The van der Waals surface area contributed by atoms with E-state index in [1.807, 2.05) is 12.1 Å². The summed E-state index contributed by atoms with van der Waals surface area (Å²) in [5.41, 5.74) is 4.30. The van der Waals surface area contributed by atoms with Gasteiger partial charge in [-0.3, -0.25) is 0 Å². The third kappa shape index (κ3) is 4.24. The molecule has 0 amide bonds. The Morgan fingerprint density at radius 3 is 2.19 bits per heavy atom. The van der Waals surface area contributed by atoms with Crippen molar-refractivity contribution in [1.82, 2.24) is 4.98 Å². The fourth-order valence-electron chi connectivity index (χ4n) is 3.44. The summed E-state index contributed by atoms with van der Waals surface area (Å²) in [7, 11) is 0. The molecule has 3 aromatic rings. The van der Waals surface area contributed by atoms with Crippen LogP contribution in [-0.4, -0.2) is 24.2 Å². The number of anilines is 1. The van der Waals surface area contributed by atoms with E-state index in [1.165, 1.54) is 5.69 Å². The van der Waals surface area contributed by atoms with Crippen molar-refractivity contribution < 1.29 is 4.74 Å². The maximum atomic E-state index is 6.23. The van der Waals surface area contributed by atoms with Crippen LogP contribution in [0.4, 0.5) is 5.69 Å². The zero-order chi connectivity index (χ0) is 19.2. The smallest absolute Gasteiger partial charge is 0.145 e. The molecule has 3 nitrogen and oxygen atoms in total. The number of benzene rings is 2. The van der Waals surface area contributed by atoms with Gasteiger partial charge in [-0.2, -0.15) is 0 Å². The van der Waals surface area contributed by atoms with Crippen molar-refractivity contribution in [3.8, 4) is 17.0 Å². The standard InChI is InChI=1S/C24H30N2O/c1-5-21(6-2)27-23-11-9-10-19-14-17-22(25-24(19)23)18-12-15-20(16-13-18)26(7-3)8-4/h9-17,21H,5-8H2,1-4H3. The first-order valence-corrected chi connectivity index (χ1v) is 10.1. The molecule has 0 aliphatic heterocycles. The molecule has 0 spiro atoms. The molecule has 3 rings (SSSR count). The largest absolute Gasteiger partial charge is 0.488 e. The van der Waals surface area contributed by atoms with Crippen LogP contribution in [-0.2, 0) is 0 Å². The molecule has 1 aromatic heterocycles. The minimum Gasteiger partial charge on any atom is -0.488 e. The van der Waals surface area contributed by atoms with E-state index in [0.717, 1.165) is 53.8 Å². The topological polar surface area (TPSA) is 25.4 Å². The molecule has 0 fully saturated rings. The van der Waals surface area contributed by atoms with E-state index in [4.69, 9.17) is 9.72 Å². The van der Waals surface area contributed by atoms with Crippen molar-refractivity contribution in [1.29, 1.82) is 0 Å². The van der Waals surface area contributed by atoms with Crippen LogP contribution in [0.25, 0.3) is 22.2 Å². The predicted molar refractivity (Wildman–Crippen MR) is 116 cm³/mol. The highest BCUT2D eigenvalue weighted by Crippen LogP contribution is 2.29. The van der Waals surface area contributed by atoms with E-state index in [9.17, 15) is 0 Å². The zero-order valence-electron chi connectivity index (χ0n) is 16.9. The van der Waals surface area contributed by atoms with Gasteiger partial charge in [-0.15, -0.1) is 0 Å². The fourth-order valence-corrected chi connectivity index (χ4v) is 3.44. The van der Waals surface area contributed by atoms with Gasteiger partial charge in [-0.1, -0.05) is 44.2 Å². The van der Waals surface area contributed by atoms with Gasteiger partial charge in [0.2, 0.25) is 0 Å². The Balaban J connectivity index is 1.96. The van der Waals surface area contributed by atoms with Crippen LogP contribution in [0.3, 0.4) is 0 Å². The lowest BCUT2D eigenvalue weighted by molar-refractivity contribution is 0.195.